The summed E-state index contributed by atoms with van der Waals surface area (Å²) in [5, 5.41) is 0. The third-order valence-electron chi connectivity index (χ3n) is 3.58. The molecular weight excluding hydrogens is 330 g/mol. The van der Waals surface area contributed by atoms with Crippen LogP contribution in [0.4, 0.5) is 0 Å². The summed E-state index contributed by atoms with van der Waals surface area (Å²) in [6.45, 7) is 2.93. The lowest BCUT2D eigenvalue weighted by Crippen LogP contribution is -2.52. The summed E-state index contributed by atoms with van der Waals surface area (Å²) in [5.74, 6) is -1.00. The number of aryl methyl sites for hydroxylation is 1. The van der Waals surface area contributed by atoms with Crippen LogP contribution in [0.25, 0.3) is 0 Å². The zero-order valence-electron chi connectivity index (χ0n) is 12.7. The molecule has 1 aromatic heterocycles. The Morgan fingerprint density at radius 2 is 2.13 bits per heavy atom. The molecule has 0 aliphatic carbocycles. The van der Waals surface area contributed by atoms with Crippen molar-refractivity contribution in [1.29, 1.82) is 0 Å². The fourth-order valence-electron chi connectivity index (χ4n) is 2.47. The number of rotatable bonds is 4. The van der Waals surface area contributed by atoms with E-state index in [0.717, 1.165) is 17.0 Å². The lowest BCUT2D eigenvalue weighted by atomic mass is 10.1. The van der Waals surface area contributed by atoms with Crippen molar-refractivity contribution in [3.05, 3.63) is 32.6 Å². The molecule has 3 N–H and O–H groups in total. The van der Waals surface area contributed by atoms with Crippen LogP contribution in [0.15, 0.2) is 15.8 Å². The van der Waals surface area contributed by atoms with Crippen molar-refractivity contribution < 1.29 is 22.1 Å². The van der Waals surface area contributed by atoms with Gasteiger partial charge in [0.2, 0.25) is 5.72 Å². The van der Waals surface area contributed by atoms with E-state index >= 15 is 0 Å². The lowest BCUT2D eigenvalue weighted by Gasteiger charge is -2.27. The number of carbonyl (C=O) groups excluding carboxylic acids is 1. The fourth-order valence-corrected chi connectivity index (χ4v) is 3.15. The molecule has 1 aliphatic heterocycles. The Morgan fingerprint density at radius 1 is 1.52 bits per heavy atom. The van der Waals surface area contributed by atoms with E-state index < -0.39 is 45.2 Å². The van der Waals surface area contributed by atoms with Gasteiger partial charge in [-0.25, -0.2) is 4.79 Å². The third kappa shape index (κ3) is 3.21. The molecule has 128 valence electrons. The maximum absolute atomic E-state index is 12.0. The summed E-state index contributed by atoms with van der Waals surface area (Å²) in [6.07, 6.45) is -0.114. The quantitative estimate of drug-likeness (QED) is 0.606. The molecule has 1 fully saturated rings. The van der Waals surface area contributed by atoms with Crippen LogP contribution in [-0.2, 0) is 29.6 Å². The van der Waals surface area contributed by atoms with Crippen molar-refractivity contribution in [2.24, 2.45) is 5.73 Å². The van der Waals surface area contributed by atoms with Gasteiger partial charge in [0.1, 0.15) is 6.10 Å². The molecule has 1 aliphatic rings. The average Bonchev–Trinajstić information content (AvgIpc) is 2.70. The third-order valence-corrected chi connectivity index (χ3v) is 4.17. The topological polar surface area (TPSA) is 151 Å². The molecule has 3 atom stereocenters. The first-order chi connectivity index (χ1) is 10.5. The first kappa shape index (κ1) is 17.4. The predicted octanol–water partition coefficient (Wildman–Crippen LogP) is -1.86. The van der Waals surface area contributed by atoms with E-state index in [9.17, 15) is 22.8 Å². The minimum absolute atomic E-state index is 0.161. The largest absolute Gasteiger partial charge is 0.365 e. The van der Waals surface area contributed by atoms with Crippen LogP contribution in [0.5, 0.6) is 0 Å². The molecule has 0 unspecified atom stereocenters. The van der Waals surface area contributed by atoms with Gasteiger partial charge in [0.25, 0.3) is 21.6 Å². The average molecular weight is 347 g/mol. The second-order valence-corrected chi connectivity index (χ2v) is 7.06. The normalized spacial score (nSPS) is 28.0. The molecule has 0 saturated carbocycles. The predicted molar refractivity (Wildman–Crippen MR) is 78.1 cm³/mol. The number of amides is 1. The van der Waals surface area contributed by atoms with Crippen LogP contribution in [0.2, 0.25) is 0 Å². The van der Waals surface area contributed by atoms with Gasteiger partial charge in [-0.15, -0.1) is 0 Å². The zero-order valence-corrected chi connectivity index (χ0v) is 13.5. The van der Waals surface area contributed by atoms with Gasteiger partial charge in [-0.2, -0.15) is 8.42 Å². The van der Waals surface area contributed by atoms with Crippen LogP contribution < -0.4 is 17.0 Å². The zero-order chi connectivity index (χ0) is 17.6. The maximum Gasteiger partial charge on any atom is 0.331 e. The summed E-state index contributed by atoms with van der Waals surface area (Å²) >= 11 is 0. The summed E-state index contributed by atoms with van der Waals surface area (Å²) < 4.78 is 33.9. The van der Waals surface area contributed by atoms with E-state index in [4.69, 9.17) is 14.7 Å². The number of hydrogen-bond acceptors (Lipinski definition) is 7. The number of nitrogens with one attached hydrogen (secondary N) is 1. The van der Waals surface area contributed by atoms with Crippen molar-refractivity contribution in [2.45, 2.75) is 38.2 Å². The second kappa shape index (κ2) is 5.58. The Morgan fingerprint density at radius 3 is 2.65 bits per heavy atom. The molecule has 0 radical (unpaired) electrons. The van der Waals surface area contributed by atoms with Gasteiger partial charge in [-0.05, 0) is 13.8 Å². The Bertz CT molecular complexity index is 856. The number of nitrogens with zero attached hydrogens (tertiary/aromatic N) is 1. The highest BCUT2D eigenvalue weighted by molar-refractivity contribution is 7.86. The summed E-state index contributed by atoms with van der Waals surface area (Å²) in [7, 11) is -3.80. The molecular formula is C12H17N3O7S. The van der Waals surface area contributed by atoms with E-state index in [1.165, 1.54) is 13.8 Å². The number of ether oxygens (including phenoxy) is 1. The van der Waals surface area contributed by atoms with Crippen molar-refractivity contribution in [3.8, 4) is 0 Å². The van der Waals surface area contributed by atoms with Gasteiger partial charge < -0.3 is 10.5 Å². The van der Waals surface area contributed by atoms with Crippen LogP contribution in [0, 0.1) is 6.92 Å². The molecule has 0 spiro atoms. The molecule has 0 aromatic carbocycles. The minimum atomic E-state index is -3.80. The molecule has 1 amide bonds. The monoisotopic (exact) mass is 347 g/mol. The van der Waals surface area contributed by atoms with Gasteiger partial charge in [-0.3, -0.25) is 23.3 Å². The summed E-state index contributed by atoms with van der Waals surface area (Å²) in [4.78, 5) is 37.5. The van der Waals surface area contributed by atoms with Crippen LogP contribution >= 0.6 is 0 Å². The van der Waals surface area contributed by atoms with Gasteiger partial charge in [0.15, 0.2) is 0 Å². The number of hydrogen-bond donors (Lipinski definition) is 2. The molecule has 2 rings (SSSR count). The Hall–Kier alpha value is -1.98. The molecule has 1 saturated heterocycles. The van der Waals surface area contributed by atoms with Gasteiger partial charge >= 0.3 is 5.69 Å². The Balaban J connectivity index is 2.56. The first-order valence-electron chi connectivity index (χ1n) is 6.65. The fraction of sp³-hybridized carbons (Fsp3) is 0.583. The van der Waals surface area contributed by atoms with Crippen LogP contribution in [0.1, 0.15) is 18.9 Å². The maximum atomic E-state index is 12.0. The number of aromatic amines is 1. The van der Waals surface area contributed by atoms with Gasteiger partial charge in [0, 0.05) is 18.2 Å². The highest BCUT2D eigenvalue weighted by atomic mass is 32.2. The highest BCUT2D eigenvalue weighted by Crippen LogP contribution is 2.36. The number of primary amides is 1. The number of aromatic nitrogens is 2. The van der Waals surface area contributed by atoms with E-state index in [2.05, 4.69) is 0 Å². The standard InChI is InChI=1S/C12H17N3O7S/c1-6-5-15(11(18)14-9(6)16)12(10(13)17)4-8(7(2)21-12)22-23(3,19)20/h5,7-8H,4H2,1-3H3,(H2,13,17)(H,14,16,18)/t7-,8+,12+/m1/s1. The molecule has 2 heterocycles. The van der Waals surface area contributed by atoms with Gasteiger partial charge in [-0.1, -0.05) is 0 Å². The smallest absolute Gasteiger partial charge is 0.331 e. The minimum Gasteiger partial charge on any atom is -0.365 e. The van der Waals surface area contributed by atoms with Crippen molar-refractivity contribution >= 4 is 16.0 Å². The molecule has 1 aromatic rings. The number of H-pyrrole nitrogens is 1. The van der Waals surface area contributed by atoms with E-state index in [0.29, 0.717) is 0 Å². The Kier molecular flexibility index (Phi) is 4.22. The second-order valence-electron chi connectivity index (χ2n) is 5.46. The summed E-state index contributed by atoms with van der Waals surface area (Å²) in [6, 6.07) is 0. The SMILES string of the molecule is Cc1cn([C@@]2(C(N)=O)C[C@H](OS(C)(=O)=O)[C@@H](C)O2)c(=O)[nH]c1=O. The van der Waals surface area contributed by atoms with E-state index in [-0.39, 0.29) is 12.0 Å². The van der Waals surface area contributed by atoms with Crippen molar-refractivity contribution in [3.63, 3.8) is 0 Å². The lowest BCUT2D eigenvalue weighted by molar-refractivity contribution is -0.157. The molecule has 0 bridgehead atoms. The van der Waals surface area contributed by atoms with Crippen LogP contribution in [0.3, 0.4) is 0 Å². The van der Waals surface area contributed by atoms with Crippen molar-refractivity contribution in [1.82, 2.24) is 9.55 Å². The van der Waals surface area contributed by atoms with E-state index in [1.807, 2.05) is 4.98 Å². The van der Waals surface area contributed by atoms with Crippen molar-refractivity contribution in [2.75, 3.05) is 6.26 Å². The van der Waals surface area contributed by atoms with Crippen LogP contribution in [-0.4, -0.2) is 42.3 Å². The number of carbonyl (C=O) groups is 1. The first-order valence-corrected chi connectivity index (χ1v) is 8.47. The molecule has 11 heteroatoms. The molecule has 23 heavy (non-hydrogen) atoms. The highest BCUT2D eigenvalue weighted by Gasteiger charge is 2.53. The Labute approximate surface area is 131 Å². The molecule has 10 nitrogen and oxygen atoms in total. The van der Waals surface area contributed by atoms with E-state index in [1.54, 1.807) is 0 Å². The summed E-state index contributed by atoms with van der Waals surface area (Å²) in [5.41, 5.74) is 2.10. The van der Waals surface area contributed by atoms with Gasteiger partial charge in [0.05, 0.1) is 12.4 Å². The number of nitrogens with two attached hydrogens (primary N) is 1.